The van der Waals surface area contributed by atoms with Gasteiger partial charge in [-0.1, -0.05) is 33.2 Å². The molecule has 1 N–H and O–H groups in total. The molecular weight excluding hydrogens is 252 g/mol. The van der Waals surface area contributed by atoms with E-state index in [4.69, 9.17) is 4.74 Å². The van der Waals surface area contributed by atoms with Gasteiger partial charge in [-0.05, 0) is 23.7 Å². The highest BCUT2D eigenvalue weighted by molar-refractivity contribution is 6.70. The number of hydrogen-bond donors (Lipinski definition) is 1. The predicted molar refractivity (Wildman–Crippen MR) is 86.3 cm³/mol. The van der Waals surface area contributed by atoms with E-state index < -0.39 is 0 Å². The SMILES string of the molecule is C.CNc1cccc(Oc2ccc(B(C)C)c(F)c2)c1. The molecule has 0 saturated heterocycles. The van der Waals surface area contributed by atoms with Gasteiger partial charge in [0.25, 0.3) is 0 Å². The Morgan fingerprint density at radius 1 is 1.05 bits per heavy atom. The van der Waals surface area contributed by atoms with Gasteiger partial charge in [-0.2, -0.15) is 0 Å². The number of halogens is 1. The van der Waals surface area contributed by atoms with Gasteiger partial charge in [-0.15, -0.1) is 0 Å². The number of hydrogen-bond acceptors (Lipinski definition) is 2. The van der Waals surface area contributed by atoms with Gasteiger partial charge in [-0.3, -0.25) is 0 Å². The van der Waals surface area contributed by atoms with Crippen LogP contribution in [0, 0.1) is 5.82 Å². The molecule has 0 atom stereocenters. The predicted octanol–water partition coefficient (Wildman–Crippen LogP) is 4.26. The Bertz CT molecular complexity index is 572. The first-order valence-electron chi connectivity index (χ1n) is 6.35. The third kappa shape index (κ3) is 3.76. The molecule has 106 valence electrons. The van der Waals surface area contributed by atoms with Gasteiger partial charge in [-0.25, -0.2) is 4.39 Å². The van der Waals surface area contributed by atoms with Gasteiger partial charge >= 0.3 is 0 Å². The summed E-state index contributed by atoms with van der Waals surface area (Å²) in [5.41, 5.74) is 1.66. The van der Waals surface area contributed by atoms with Crippen molar-refractivity contribution >= 4 is 17.9 Å². The van der Waals surface area contributed by atoms with Gasteiger partial charge < -0.3 is 10.1 Å². The molecule has 0 aliphatic carbocycles. The maximum absolute atomic E-state index is 13.9. The molecule has 0 aliphatic rings. The molecule has 2 rings (SSSR count). The van der Waals surface area contributed by atoms with Crippen molar-refractivity contribution in [2.45, 2.75) is 21.1 Å². The van der Waals surface area contributed by atoms with Crippen molar-refractivity contribution in [3.63, 3.8) is 0 Å². The fourth-order valence-corrected chi connectivity index (χ4v) is 1.89. The summed E-state index contributed by atoms with van der Waals surface area (Å²) in [7, 11) is 1.84. The lowest BCUT2D eigenvalue weighted by atomic mass is 9.49. The van der Waals surface area contributed by atoms with E-state index in [0.29, 0.717) is 17.0 Å². The van der Waals surface area contributed by atoms with Crippen molar-refractivity contribution in [3.05, 3.63) is 48.3 Å². The molecule has 0 radical (unpaired) electrons. The van der Waals surface area contributed by atoms with Crippen LogP contribution in [-0.4, -0.2) is 13.8 Å². The molecule has 0 unspecified atom stereocenters. The van der Waals surface area contributed by atoms with Crippen molar-refractivity contribution in [1.82, 2.24) is 0 Å². The summed E-state index contributed by atoms with van der Waals surface area (Å²) < 4.78 is 19.5. The minimum atomic E-state index is -0.225. The Kier molecular flexibility index (Phi) is 5.62. The monoisotopic (exact) mass is 273 g/mol. The summed E-state index contributed by atoms with van der Waals surface area (Å²) in [6, 6.07) is 12.5. The smallest absolute Gasteiger partial charge is 0.173 e. The Hall–Kier alpha value is -1.97. The highest BCUT2D eigenvalue weighted by Crippen LogP contribution is 2.24. The first kappa shape index (κ1) is 16.1. The second-order valence-electron chi connectivity index (χ2n) is 4.72. The molecule has 2 aromatic rings. The van der Waals surface area contributed by atoms with Crippen LogP contribution >= 0.6 is 0 Å². The van der Waals surface area contributed by atoms with Crippen LogP contribution < -0.4 is 15.5 Å². The van der Waals surface area contributed by atoms with E-state index in [2.05, 4.69) is 5.32 Å². The van der Waals surface area contributed by atoms with Crippen LogP contribution in [-0.2, 0) is 0 Å². The lowest BCUT2D eigenvalue weighted by Gasteiger charge is -2.10. The summed E-state index contributed by atoms with van der Waals surface area (Å²) in [6.07, 6.45) is 0. The highest BCUT2D eigenvalue weighted by Gasteiger charge is 2.10. The molecule has 2 nitrogen and oxygen atoms in total. The second kappa shape index (κ2) is 6.99. The van der Waals surface area contributed by atoms with E-state index in [1.165, 1.54) is 6.07 Å². The average Bonchev–Trinajstić information content (AvgIpc) is 2.38. The first-order chi connectivity index (χ1) is 9.10. The molecule has 0 amide bonds. The van der Waals surface area contributed by atoms with Gasteiger partial charge in [0, 0.05) is 24.9 Å². The van der Waals surface area contributed by atoms with Crippen molar-refractivity contribution in [2.75, 3.05) is 12.4 Å². The maximum Gasteiger partial charge on any atom is 0.173 e. The zero-order valence-electron chi connectivity index (χ0n) is 11.4. The number of ether oxygens (including phenoxy) is 1. The van der Waals surface area contributed by atoms with Crippen LogP contribution in [0.25, 0.3) is 0 Å². The molecular formula is C16H21BFNO. The molecule has 0 bridgehead atoms. The first-order valence-corrected chi connectivity index (χ1v) is 6.35. The summed E-state index contributed by atoms with van der Waals surface area (Å²) in [5, 5.41) is 3.03. The van der Waals surface area contributed by atoms with Crippen molar-refractivity contribution < 1.29 is 9.13 Å². The fraction of sp³-hybridized carbons (Fsp3) is 0.250. The zero-order valence-corrected chi connectivity index (χ0v) is 11.4. The quantitative estimate of drug-likeness (QED) is 0.840. The number of benzene rings is 2. The zero-order chi connectivity index (χ0) is 13.8. The van der Waals surface area contributed by atoms with Gasteiger partial charge in [0.15, 0.2) is 6.71 Å². The fourth-order valence-electron chi connectivity index (χ4n) is 1.89. The lowest BCUT2D eigenvalue weighted by Crippen LogP contribution is -2.25. The molecule has 4 heteroatoms. The van der Waals surface area contributed by atoms with Crippen LogP contribution in [0.15, 0.2) is 42.5 Å². The minimum Gasteiger partial charge on any atom is -0.457 e. The molecule has 0 saturated carbocycles. The Morgan fingerprint density at radius 2 is 1.75 bits per heavy atom. The van der Waals surface area contributed by atoms with Gasteiger partial charge in [0.2, 0.25) is 0 Å². The average molecular weight is 273 g/mol. The van der Waals surface area contributed by atoms with E-state index in [1.54, 1.807) is 12.1 Å². The third-order valence-electron chi connectivity index (χ3n) is 2.95. The van der Waals surface area contributed by atoms with E-state index >= 15 is 0 Å². The standard InChI is InChI=1S/C15H17BFNO.CH4/c1-16(2)14-8-7-13(10-15(14)17)19-12-6-4-5-11(9-12)18-3;/h4-10,18H,1-3H3;1H4. The molecule has 0 fully saturated rings. The number of nitrogens with one attached hydrogen (secondary N) is 1. The third-order valence-corrected chi connectivity index (χ3v) is 2.95. The van der Waals surface area contributed by atoms with E-state index in [0.717, 1.165) is 5.69 Å². The highest BCUT2D eigenvalue weighted by atomic mass is 19.1. The number of rotatable bonds is 4. The largest absolute Gasteiger partial charge is 0.457 e. The van der Waals surface area contributed by atoms with Crippen molar-refractivity contribution in [2.24, 2.45) is 0 Å². The summed E-state index contributed by atoms with van der Waals surface area (Å²) in [4.78, 5) is 0. The lowest BCUT2D eigenvalue weighted by molar-refractivity contribution is 0.477. The van der Waals surface area contributed by atoms with Crippen LogP contribution in [0.3, 0.4) is 0 Å². The minimum absolute atomic E-state index is 0. The van der Waals surface area contributed by atoms with E-state index in [9.17, 15) is 4.39 Å². The summed E-state index contributed by atoms with van der Waals surface area (Å²) >= 11 is 0. The van der Waals surface area contributed by atoms with E-state index in [1.807, 2.05) is 45.0 Å². The Labute approximate surface area is 121 Å². The van der Waals surface area contributed by atoms with Crippen LogP contribution in [0.2, 0.25) is 13.6 Å². The molecule has 0 heterocycles. The summed E-state index contributed by atoms with van der Waals surface area (Å²) in [6.45, 7) is 4.10. The van der Waals surface area contributed by atoms with Crippen molar-refractivity contribution in [1.29, 1.82) is 0 Å². The van der Waals surface area contributed by atoms with E-state index in [-0.39, 0.29) is 20.0 Å². The maximum atomic E-state index is 13.9. The van der Waals surface area contributed by atoms with Gasteiger partial charge in [0.1, 0.15) is 17.3 Å². The second-order valence-corrected chi connectivity index (χ2v) is 4.72. The van der Waals surface area contributed by atoms with Crippen molar-refractivity contribution in [3.8, 4) is 11.5 Å². The van der Waals surface area contributed by atoms with Crippen LogP contribution in [0.4, 0.5) is 10.1 Å². The normalized spacial score (nSPS) is 9.60. The molecule has 0 aliphatic heterocycles. The molecule has 20 heavy (non-hydrogen) atoms. The molecule has 0 aromatic heterocycles. The Morgan fingerprint density at radius 3 is 2.35 bits per heavy atom. The topological polar surface area (TPSA) is 21.3 Å². The summed E-state index contributed by atoms with van der Waals surface area (Å²) in [5.74, 6) is 0.968. The molecule has 0 spiro atoms. The van der Waals surface area contributed by atoms with Crippen LogP contribution in [0.1, 0.15) is 7.43 Å². The molecule has 2 aromatic carbocycles. The van der Waals surface area contributed by atoms with Crippen LogP contribution in [0.5, 0.6) is 11.5 Å². The number of anilines is 1. The Balaban J connectivity index is 0.00000200. The van der Waals surface area contributed by atoms with Gasteiger partial charge in [0.05, 0.1) is 0 Å².